The number of rotatable bonds is 7. The van der Waals surface area contributed by atoms with E-state index in [0.29, 0.717) is 12.6 Å². The minimum atomic E-state index is -0.208. The maximum absolute atomic E-state index is 12.5. The van der Waals surface area contributed by atoms with Gasteiger partial charge in [0, 0.05) is 19.6 Å². The average molecular weight is 370 g/mol. The number of furan rings is 1. The molecule has 0 saturated heterocycles. The largest absolute Gasteiger partial charge is 0.468 e. The first-order valence-corrected chi connectivity index (χ1v) is 9.63. The highest BCUT2D eigenvalue weighted by Gasteiger charge is 2.22. The Hall–Kier alpha value is -2.47. The number of para-hydroxylation sites is 2. The molecule has 0 aliphatic heterocycles. The van der Waals surface area contributed by atoms with Crippen LogP contribution >= 0.6 is 0 Å². The first-order chi connectivity index (χ1) is 13.1. The third kappa shape index (κ3) is 4.83. The van der Waals surface area contributed by atoms with Gasteiger partial charge in [-0.1, -0.05) is 25.0 Å². The van der Waals surface area contributed by atoms with Crippen molar-refractivity contribution in [3.8, 4) is 0 Å². The van der Waals surface area contributed by atoms with Crippen molar-refractivity contribution in [3.63, 3.8) is 0 Å². The van der Waals surface area contributed by atoms with Gasteiger partial charge in [0.15, 0.2) is 0 Å². The van der Waals surface area contributed by atoms with Crippen molar-refractivity contribution in [2.75, 3.05) is 37.9 Å². The Labute approximate surface area is 161 Å². The molecule has 3 rings (SSSR count). The third-order valence-corrected chi connectivity index (χ3v) is 5.36. The number of carbonyl (C=O) groups is 1. The molecule has 1 saturated carbocycles. The summed E-state index contributed by atoms with van der Waals surface area (Å²) in [5.74, 6) is 0.835. The van der Waals surface area contributed by atoms with E-state index in [-0.39, 0.29) is 12.1 Å². The molecule has 1 fully saturated rings. The topological polar surface area (TPSA) is 60.8 Å². The summed E-state index contributed by atoms with van der Waals surface area (Å²) in [5.41, 5.74) is 1.90. The smallest absolute Gasteiger partial charge is 0.319 e. The monoisotopic (exact) mass is 370 g/mol. The number of anilines is 2. The molecule has 0 bridgehead atoms. The second-order valence-electron chi connectivity index (χ2n) is 7.40. The molecule has 27 heavy (non-hydrogen) atoms. The Kier molecular flexibility index (Phi) is 6.40. The van der Waals surface area contributed by atoms with Crippen LogP contribution < -0.4 is 15.5 Å². The van der Waals surface area contributed by atoms with E-state index >= 15 is 0 Å². The van der Waals surface area contributed by atoms with Crippen LogP contribution in [0, 0.1) is 0 Å². The van der Waals surface area contributed by atoms with E-state index in [2.05, 4.69) is 28.6 Å². The number of hydrogen-bond acceptors (Lipinski definition) is 4. The zero-order chi connectivity index (χ0) is 19.2. The molecule has 2 N–H and O–H groups in total. The van der Waals surface area contributed by atoms with Gasteiger partial charge < -0.3 is 20.0 Å². The summed E-state index contributed by atoms with van der Waals surface area (Å²) in [5, 5.41) is 5.98. The van der Waals surface area contributed by atoms with Gasteiger partial charge in [0.05, 0.1) is 23.7 Å². The normalized spacial score (nSPS) is 15.7. The molecule has 2 amide bonds. The maximum atomic E-state index is 12.5. The van der Waals surface area contributed by atoms with E-state index in [0.717, 1.165) is 17.1 Å². The first-order valence-electron chi connectivity index (χ1n) is 9.63. The summed E-state index contributed by atoms with van der Waals surface area (Å²) in [6.07, 6.45) is 6.64. The van der Waals surface area contributed by atoms with Crippen LogP contribution in [-0.2, 0) is 0 Å². The SMILES string of the molecule is CN(c1ccccc1NC(=O)NC[C@H](c1ccco1)N(C)C)C1CCCC1. The van der Waals surface area contributed by atoms with Gasteiger partial charge in [-0.05, 0) is 51.2 Å². The highest BCUT2D eigenvalue weighted by Crippen LogP contribution is 2.31. The summed E-state index contributed by atoms with van der Waals surface area (Å²) in [6.45, 7) is 0.465. The summed E-state index contributed by atoms with van der Waals surface area (Å²) < 4.78 is 5.50. The number of likely N-dealkylation sites (N-methyl/N-ethyl adjacent to an activating group) is 1. The molecular formula is C21H30N4O2. The van der Waals surface area contributed by atoms with E-state index in [1.807, 2.05) is 49.3 Å². The minimum absolute atomic E-state index is 0.0119. The fraction of sp³-hybridized carbons (Fsp3) is 0.476. The molecule has 1 aromatic heterocycles. The average Bonchev–Trinajstić information content (AvgIpc) is 3.36. The lowest BCUT2D eigenvalue weighted by Gasteiger charge is -2.29. The van der Waals surface area contributed by atoms with E-state index in [9.17, 15) is 4.79 Å². The Bertz CT molecular complexity index is 724. The number of nitrogens with one attached hydrogen (secondary N) is 2. The van der Waals surface area contributed by atoms with Crippen LogP contribution in [0.15, 0.2) is 47.1 Å². The molecule has 146 valence electrons. The molecule has 6 nitrogen and oxygen atoms in total. The van der Waals surface area contributed by atoms with Crippen molar-refractivity contribution < 1.29 is 9.21 Å². The van der Waals surface area contributed by atoms with Crippen molar-refractivity contribution in [1.29, 1.82) is 0 Å². The van der Waals surface area contributed by atoms with Crippen LogP contribution in [-0.4, -0.2) is 44.7 Å². The van der Waals surface area contributed by atoms with Gasteiger partial charge in [0.25, 0.3) is 0 Å². The number of benzene rings is 1. The van der Waals surface area contributed by atoms with Crippen molar-refractivity contribution in [2.24, 2.45) is 0 Å². The van der Waals surface area contributed by atoms with Crippen molar-refractivity contribution in [3.05, 3.63) is 48.4 Å². The summed E-state index contributed by atoms with van der Waals surface area (Å²) in [7, 11) is 6.06. The fourth-order valence-corrected chi connectivity index (χ4v) is 3.75. The molecular weight excluding hydrogens is 340 g/mol. The van der Waals surface area contributed by atoms with Gasteiger partial charge in [-0.15, -0.1) is 0 Å². The number of urea groups is 1. The van der Waals surface area contributed by atoms with Crippen LogP contribution in [0.2, 0.25) is 0 Å². The third-order valence-electron chi connectivity index (χ3n) is 5.36. The molecule has 0 radical (unpaired) electrons. The van der Waals surface area contributed by atoms with E-state index in [1.165, 1.54) is 25.7 Å². The lowest BCUT2D eigenvalue weighted by Crippen LogP contribution is -2.37. The van der Waals surface area contributed by atoms with Crippen molar-refractivity contribution >= 4 is 17.4 Å². The summed E-state index contributed by atoms with van der Waals surface area (Å²) in [4.78, 5) is 16.8. The maximum Gasteiger partial charge on any atom is 0.319 e. The molecule has 1 atom stereocenters. The van der Waals surface area contributed by atoms with Gasteiger partial charge in [-0.25, -0.2) is 4.79 Å². The van der Waals surface area contributed by atoms with Gasteiger partial charge in [-0.2, -0.15) is 0 Å². The molecule has 0 spiro atoms. The number of hydrogen-bond donors (Lipinski definition) is 2. The van der Waals surface area contributed by atoms with Crippen LogP contribution in [0.3, 0.4) is 0 Å². The number of amides is 2. The Balaban J connectivity index is 1.62. The van der Waals surface area contributed by atoms with E-state index < -0.39 is 0 Å². The van der Waals surface area contributed by atoms with Gasteiger partial charge in [-0.3, -0.25) is 4.90 Å². The first kappa shape index (κ1) is 19.3. The van der Waals surface area contributed by atoms with Crippen LogP contribution in [0.1, 0.15) is 37.5 Å². The van der Waals surface area contributed by atoms with Crippen molar-refractivity contribution in [2.45, 2.75) is 37.8 Å². The highest BCUT2D eigenvalue weighted by atomic mass is 16.3. The second kappa shape index (κ2) is 8.95. The Morgan fingerprint density at radius 2 is 1.89 bits per heavy atom. The lowest BCUT2D eigenvalue weighted by molar-refractivity contribution is 0.233. The predicted octanol–water partition coefficient (Wildman–Crippen LogP) is 4.08. The molecule has 1 aliphatic rings. The van der Waals surface area contributed by atoms with Crippen LogP contribution in [0.5, 0.6) is 0 Å². The predicted molar refractivity (Wildman–Crippen MR) is 109 cm³/mol. The van der Waals surface area contributed by atoms with Crippen molar-refractivity contribution in [1.82, 2.24) is 10.2 Å². The van der Waals surface area contributed by atoms with E-state index in [4.69, 9.17) is 4.42 Å². The summed E-state index contributed by atoms with van der Waals surface area (Å²) in [6, 6.07) is 12.1. The van der Waals surface area contributed by atoms with Crippen LogP contribution in [0.25, 0.3) is 0 Å². The molecule has 1 aromatic carbocycles. The quantitative estimate of drug-likeness (QED) is 0.771. The standard InChI is InChI=1S/C21H30N4O2/c1-24(2)19(20-13-8-14-27-20)15-22-21(26)23-17-11-6-7-12-18(17)25(3)16-9-4-5-10-16/h6-8,11-14,16,19H,4-5,9-10,15H2,1-3H3,(H2,22,23,26)/t19-/m1/s1. The van der Waals surface area contributed by atoms with Gasteiger partial charge >= 0.3 is 6.03 Å². The van der Waals surface area contributed by atoms with Gasteiger partial charge in [0.2, 0.25) is 0 Å². The zero-order valence-corrected chi connectivity index (χ0v) is 16.4. The minimum Gasteiger partial charge on any atom is -0.468 e. The van der Waals surface area contributed by atoms with Gasteiger partial charge in [0.1, 0.15) is 5.76 Å². The Morgan fingerprint density at radius 3 is 2.56 bits per heavy atom. The molecule has 0 unspecified atom stereocenters. The highest BCUT2D eigenvalue weighted by molar-refractivity contribution is 5.93. The van der Waals surface area contributed by atoms with E-state index in [1.54, 1.807) is 6.26 Å². The molecule has 1 heterocycles. The molecule has 6 heteroatoms. The number of nitrogens with zero attached hydrogens (tertiary/aromatic N) is 2. The van der Waals surface area contributed by atoms with Crippen LogP contribution in [0.4, 0.5) is 16.2 Å². The molecule has 2 aromatic rings. The molecule has 1 aliphatic carbocycles. The number of carbonyl (C=O) groups excluding carboxylic acids is 1. The Morgan fingerprint density at radius 1 is 1.15 bits per heavy atom. The second-order valence-corrected chi connectivity index (χ2v) is 7.40. The summed E-state index contributed by atoms with van der Waals surface area (Å²) >= 11 is 0. The zero-order valence-electron chi connectivity index (χ0n) is 16.4. The fourth-order valence-electron chi connectivity index (χ4n) is 3.75. The lowest BCUT2D eigenvalue weighted by atomic mass is 10.1.